The van der Waals surface area contributed by atoms with E-state index in [9.17, 15) is 4.39 Å². The van der Waals surface area contributed by atoms with Crippen molar-refractivity contribution >= 4 is 16.6 Å². The number of aromatic amines is 1. The van der Waals surface area contributed by atoms with E-state index in [-0.39, 0.29) is 5.95 Å². The molecule has 15 heavy (non-hydrogen) atoms. The first-order chi connectivity index (χ1) is 7.06. The second-order valence-electron chi connectivity index (χ2n) is 3.78. The fourth-order valence-corrected chi connectivity index (χ4v) is 1.62. The summed E-state index contributed by atoms with van der Waals surface area (Å²) in [5.74, 6) is -0.308. The van der Waals surface area contributed by atoms with E-state index in [4.69, 9.17) is 0 Å². The van der Waals surface area contributed by atoms with Gasteiger partial charge in [-0.15, -0.1) is 0 Å². The van der Waals surface area contributed by atoms with Gasteiger partial charge in [0, 0.05) is 28.4 Å². The van der Waals surface area contributed by atoms with Crippen LogP contribution in [-0.4, -0.2) is 4.98 Å². The Morgan fingerprint density at radius 2 is 2.13 bits per heavy atom. The highest BCUT2D eigenvalue weighted by Crippen LogP contribution is 2.24. The van der Waals surface area contributed by atoms with Gasteiger partial charge in [-0.05, 0) is 31.5 Å². The van der Waals surface area contributed by atoms with Crippen LogP contribution in [-0.2, 0) is 0 Å². The molecule has 0 radical (unpaired) electrons. The zero-order chi connectivity index (χ0) is 11.0. The second-order valence-corrected chi connectivity index (χ2v) is 3.78. The molecule has 78 valence electrons. The van der Waals surface area contributed by atoms with Gasteiger partial charge >= 0.3 is 0 Å². The molecule has 0 spiro atoms. The summed E-state index contributed by atoms with van der Waals surface area (Å²) in [7, 11) is 0. The number of allylic oxidation sites excluding steroid dienone is 1. The van der Waals surface area contributed by atoms with Gasteiger partial charge in [0.1, 0.15) is 0 Å². The topological polar surface area (TPSA) is 27.8 Å². The highest BCUT2D eigenvalue weighted by Gasteiger charge is 2.04. The first kappa shape index (κ1) is 9.77. The van der Waals surface area contributed by atoms with Gasteiger partial charge in [-0.2, -0.15) is 4.39 Å². The van der Waals surface area contributed by atoms with Crippen molar-refractivity contribution in [1.82, 2.24) is 4.98 Å². The maximum absolute atomic E-state index is 13.0. The van der Waals surface area contributed by atoms with Crippen molar-refractivity contribution in [3.8, 4) is 0 Å². The third kappa shape index (κ3) is 1.86. The quantitative estimate of drug-likeness (QED) is 0.769. The molecule has 0 atom stereocenters. The molecule has 0 saturated carbocycles. The normalized spacial score (nSPS) is 10.6. The molecule has 1 aromatic carbocycles. The highest BCUT2D eigenvalue weighted by atomic mass is 19.1. The summed E-state index contributed by atoms with van der Waals surface area (Å²) >= 11 is 0. The van der Waals surface area contributed by atoms with E-state index in [1.165, 1.54) is 6.07 Å². The molecule has 0 amide bonds. The van der Waals surface area contributed by atoms with Crippen LogP contribution >= 0.6 is 0 Å². The second kappa shape index (κ2) is 3.42. The van der Waals surface area contributed by atoms with Crippen LogP contribution in [0.25, 0.3) is 10.9 Å². The van der Waals surface area contributed by atoms with Gasteiger partial charge in [0.2, 0.25) is 0 Å². The van der Waals surface area contributed by atoms with Crippen LogP contribution in [0, 0.1) is 12.9 Å². The molecule has 0 aliphatic rings. The van der Waals surface area contributed by atoms with Gasteiger partial charge in [0.15, 0.2) is 5.95 Å². The fourth-order valence-electron chi connectivity index (χ4n) is 1.62. The van der Waals surface area contributed by atoms with Crippen LogP contribution in [0.15, 0.2) is 30.5 Å². The number of nitrogens with one attached hydrogen (secondary N) is 2. The van der Waals surface area contributed by atoms with Crippen LogP contribution in [0.3, 0.4) is 0 Å². The third-order valence-corrected chi connectivity index (χ3v) is 2.28. The minimum absolute atomic E-state index is 0.308. The van der Waals surface area contributed by atoms with Crippen molar-refractivity contribution in [2.24, 2.45) is 0 Å². The van der Waals surface area contributed by atoms with Gasteiger partial charge in [-0.1, -0.05) is 6.58 Å². The number of hydrogen-bond acceptors (Lipinski definition) is 1. The van der Waals surface area contributed by atoms with Crippen molar-refractivity contribution in [2.75, 3.05) is 5.32 Å². The summed E-state index contributed by atoms with van der Waals surface area (Å²) in [6.45, 7) is 7.65. The zero-order valence-corrected chi connectivity index (χ0v) is 8.82. The molecular weight excluding hydrogens is 191 g/mol. The zero-order valence-electron chi connectivity index (χ0n) is 8.82. The van der Waals surface area contributed by atoms with Crippen molar-refractivity contribution in [1.29, 1.82) is 0 Å². The number of H-pyrrole nitrogens is 1. The Bertz CT molecular complexity index is 526. The molecular formula is C12H13FN2. The largest absolute Gasteiger partial charge is 0.359 e. The number of rotatable bonds is 2. The number of aromatic nitrogens is 1. The summed E-state index contributed by atoms with van der Waals surface area (Å²) < 4.78 is 13.0. The lowest BCUT2D eigenvalue weighted by Crippen LogP contribution is -1.95. The fraction of sp³-hybridized carbons (Fsp3) is 0.167. The predicted molar refractivity (Wildman–Crippen MR) is 61.4 cm³/mol. The summed E-state index contributed by atoms with van der Waals surface area (Å²) in [6, 6.07) is 5.33. The van der Waals surface area contributed by atoms with E-state index >= 15 is 0 Å². The molecule has 2 rings (SSSR count). The van der Waals surface area contributed by atoms with Crippen molar-refractivity contribution in [3.05, 3.63) is 42.0 Å². The molecule has 0 bridgehead atoms. The Labute approximate surface area is 87.8 Å². The maximum Gasteiger partial charge on any atom is 0.192 e. The van der Waals surface area contributed by atoms with Crippen LogP contribution in [0.4, 0.5) is 10.1 Å². The van der Waals surface area contributed by atoms with Crippen LogP contribution in [0.5, 0.6) is 0 Å². The molecule has 2 nitrogen and oxygen atoms in total. The lowest BCUT2D eigenvalue weighted by Gasteiger charge is -2.08. The average Bonchev–Trinajstić information content (AvgIpc) is 2.44. The predicted octanol–water partition coefficient (Wildman–Crippen LogP) is 3.56. The monoisotopic (exact) mass is 204 g/mol. The maximum atomic E-state index is 13.0. The molecule has 2 aromatic rings. The smallest absolute Gasteiger partial charge is 0.192 e. The summed E-state index contributed by atoms with van der Waals surface area (Å²) in [4.78, 5) is 2.66. The number of anilines is 1. The number of halogens is 1. The molecule has 0 saturated heterocycles. The van der Waals surface area contributed by atoms with Crippen LogP contribution in [0.2, 0.25) is 0 Å². The van der Waals surface area contributed by atoms with Gasteiger partial charge in [-0.3, -0.25) is 0 Å². The van der Waals surface area contributed by atoms with Gasteiger partial charge in [0.25, 0.3) is 0 Å². The van der Waals surface area contributed by atoms with Crippen molar-refractivity contribution in [2.45, 2.75) is 13.8 Å². The van der Waals surface area contributed by atoms with Crippen LogP contribution in [0.1, 0.15) is 12.5 Å². The van der Waals surface area contributed by atoms with Gasteiger partial charge in [0.05, 0.1) is 0 Å². The van der Waals surface area contributed by atoms with Crippen molar-refractivity contribution in [3.63, 3.8) is 0 Å². The standard InChI is InChI=1S/C12H13FN2/c1-7(2)14-10-6-11-9(4-8(10)3)5-12(13)15-11/h4-6,14-15H,1H2,2-3H3. The third-order valence-electron chi connectivity index (χ3n) is 2.28. The van der Waals surface area contributed by atoms with E-state index in [1.54, 1.807) is 0 Å². The number of fused-ring (bicyclic) bond motifs is 1. The lowest BCUT2D eigenvalue weighted by atomic mass is 10.1. The van der Waals surface area contributed by atoms with E-state index in [0.29, 0.717) is 0 Å². The number of aryl methyl sites for hydroxylation is 1. The summed E-state index contributed by atoms with van der Waals surface area (Å²) in [6.07, 6.45) is 0. The molecule has 1 heterocycles. The Morgan fingerprint density at radius 3 is 2.80 bits per heavy atom. The van der Waals surface area contributed by atoms with E-state index in [2.05, 4.69) is 16.9 Å². The summed E-state index contributed by atoms with van der Waals surface area (Å²) in [5.41, 5.74) is 3.69. The first-order valence-corrected chi connectivity index (χ1v) is 4.77. The number of benzene rings is 1. The van der Waals surface area contributed by atoms with Gasteiger partial charge < -0.3 is 10.3 Å². The van der Waals surface area contributed by atoms with E-state index < -0.39 is 0 Å². The van der Waals surface area contributed by atoms with Gasteiger partial charge in [-0.25, -0.2) is 0 Å². The Morgan fingerprint density at radius 1 is 1.40 bits per heavy atom. The number of hydrogen-bond donors (Lipinski definition) is 2. The minimum atomic E-state index is -0.308. The molecule has 3 heteroatoms. The molecule has 0 fully saturated rings. The lowest BCUT2D eigenvalue weighted by molar-refractivity contribution is 0.595. The minimum Gasteiger partial charge on any atom is -0.359 e. The average molecular weight is 204 g/mol. The Kier molecular flexibility index (Phi) is 2.23. The molecule has 0 aliphatic heterocycles. The molecule has 0 aliphatic carbocycles. The Balaban J connectivity index is 2.55. The van der Waals surface area contributed by atoms with E-state index in [0.717, 1.165) is 27.9 Å². The SMILES string of the molecule is C=C(C)Nc1cc2[nH]c(F)cc2cc1C. The molecule has 0 unspecified atom stereocenters. The Hall–Kier alpha value is -1.77. The molecule has 2 N–H and O–H groups in total. The first-order valence-electron chi connectivity index (χ1n) is 4.77. The summed E-state index contributed by atoms with van der Waals surface area (Å²) in [5, 5.41) is 4.02. The highest BCUT2D eigenvalue weighted by molar-refractivity contribution is 5.85. The van der Waals surface area contributed by atoms with Crippen molar-refractivity contribution < 1.29 is 4.39 Å². The van der Waals surface area contributed by atoms with Crippen LogP contribution < -0.4 is 5.32 Å². The van der Waals surface area contributed by atoms with E-state index in [1.807, 2.05) is 26.0 Å². The molecule has 1 aromatic heterocycles.